The third kappa shape index (κ3) is 4.61. The first-order valence-electron chi connectivity index (χ1n) is 16.8. The van der Waals surface area contributed by atoms with Crippen molar-refractivity contribution in [3.8, 4) is 45.3 Å². The van der Waals surface area contributed by atoms with Crippen LogP contribution in [0.25, 0.3) is 108 Å². The standard InChI is InChI=1S/C45H25N3OS2/c1-2-9-26(10-3-1)43-46-44(48-45(47-43)29-18-21-34-32-11-4-6-15-39(32)50-41(34)25-29)28-17-20-31-36-23-27(19-22-37(36)49-38(31)24-28)30-13-8-14-35-33-12-5-7-16-40(33)51-42(30)35/h1-25H. The Labute approximate surface area is 299 Å². The summed E-state index contributed by atoms with van der Waals surface area (Å²) in [6.07, 6.45) is 0. The predicted octanol–water partition coefficient (Wildman–Crippen LogP) is 13.2. The molecule has 0 saturated heterocycles. The second kappa shape index (κ2) is 11.2. The van der Waals surface area contributed by atoms with E-state index in [2.05, 4.69) is 121 Å². The average Bonchev–Trinajstić information content (AvgIpc) is 3.88. The van der Waals surface area contributed by atoms with Crippen molar-refractivity contribution in [3.63, 3.8) is 0 Å². The van der Waals surface area contributed by atoms with E-state index < -0.39 is 0 Å². The van der Waals surface area contributed by atoms with Gasteiger partial charge in [-0.3, -0.25) is 0 Å². The van der Waals surface area contributed by atoms with Crippen molar-refractivity contribution >= 4 is 85.0 Å². The zero-order valence-electron chi connectivity index (χ0n) is 27.0. The summed E-state index contributed by atoms with van der Waals surface area (Å²) >= 11 is 3.64. The van der Waals surface area contributed by atoms with E-state index in [4.69, 9.17) is 19.4 Å². The van der Waals surface area contributed by atoms with Crippen LogP contribution in [0, 0.1) is 0 Å². The molecule has 0 saturated carbocycles. The maximum atomic E-state index is 6.48. The van der Waals surface area contributed by atoms with Gasteiger partial charge < -0.3 is 4.42 Å². The fraction of sp³-hybridized carbons (Fsp3) is 0. The number of thiophene rings is 2. The zero-order valence-corrected chi connectivity index (χ0v) is 28.6. The van der Waals surface area contributed by atoms with E-state index in [9.17, 15) is 0 Å². The van der Waals surface area contributed by atoms with Crippen LogP contribution in [0.4, 0.5) is 0 Å². The van der Waals surface area contributed by atoms with Crippen molar-refractivity contribution < 1.29 is 4.42 Å². The molecule has 0 fully saturated rings. The Morgan fingerprint density at radius 1 is 0.353 bits per heavy atom. The Kier molecular flexibility index (Phi) is 6.26. The highest BCUT2D eigenvalue weighted by Crippen LogP contribution is 2.42. The lowest BCUT2D eigenvalue weighted by atomic mass is 10.0. The quantitative estimate of drug-likeness (QED) is 0.185. The average molecular weight is 688 g/mol. The smallest absolute Gasteiger partial charge is 0.164 e. The Morgan fingerprint density at radius 3 is 1.76 bits per heavy atom. The van der Waals surface area contributed by atoms with Gasteiger partial charge >= 0.3 is 0 Å². The lowest BCUT2D eigenvalue weighted by Gasteiger charge is -2.08. The molecule has 4 heterocycles. The van der Waals surface area contributed by atoms with Gasteiger partial charge in [0.25, 0.3) is 0 Å². The first-order valence-corrected chi connectivity index (χ1v) is 18.5. The summed E-state index contributed by atoms with van der Waals surface area (Å²) in [4.78, 5) is 15.1. The van der Waals surface area contributed by atoms with Crippen LogP contribution in [-0.2, 0) is 0 Å². The molecule has 7 aromatic carbocycles. The van der Waals surface area contributed by atoms with Gasteiger partial charge in [-0.25, -0.2) is 15.0 Å². The summed E-state index contributed by atoms with van der Waals surface area (Å²) < 4.78 is 11.6. The molecule has 0 spiro atoms. The van der Waals surface area contributed by atoms with Crippen LogP contribution >= 0.6 is 22.7 Å². The molecule has 0 atom stereocenters. The fourth-order valence-electron chi connectivity index (χ4n) is 7.27. The molecular weight excluding hydrogens is 663 g/mol. The number of hydrogen-bond donors (Lipinski definition) is 0. The van der Waals surface area contributed by atoms with Gasteiger partial charge in [-0.2, -0.15) is 0 Å². The van der Waals surface area contributed by atoms with E-state index in [0.29, 0.717) is 17.5 Å². The number of fused-ring (bicyclic) bond motifs is 9. The van der Waals surface area contributed by atoms with Gasteiger partial charge in [0.15, 0.2) is 17.5 Å². The third-order valence-corrected chi connectivity index (χ3v) is 12.1. The van der Waals surface area contributed by atoms with Crippen molar-refractivity contribution in [2.45, 2.75) is 0 Å². The van der Waals surface area contributed by atoms with Crippen LogP contribution in [0.2, 0.25) is 0 Å². The molecule has 4 nitrogen and oxygen atoms in total. The maximum Gasteiger partial charge on any atom is 0.164 e. The van der Waals surface area contributed by atoms with Gasteiger partial charge in [0.1, 0.15) is 11.2 Å². The molecular formula is C45H25N3OS2. The van der Waals surface area contributed by atoms with Crippen LogP contribution in [0.3, 0.4) is 0 Å². The van der Waals surface area contributed by atoms with Crippen molar-refractivity contribution in [1.82, 2.24) is 15.0 Å². The third-order valence-electron chi connectivity index (χ3n) is 9.75. The van der Waals surface area contributed by atoms with Crippen LogP contribution in [0.5, 0.6) is 0 Å². The lowest BCUT2D eigenvalue weighted by molar-refractivity contribution is 0.669. The SMILES string of the molecule is c1ccc(-c2nc(-c3ccc4c(c3)oc3ccc(-c5cccc6c5sc5ccccc56)cc34)nc(-c3ccc4c(c3)sc3ccccc34)n2)cc1. The van der Waals surface area contributed by atoms with Crippen molar-refractivity contribution in [2.24, 2.45) is 0 Å². The first kappa shape index (κ1) is 28.6. The molecule has 0 aliphatic heterocycles. The molecule has 0 aliphatic carbocycles. The highest BCUT2D eigenvalue weighted by atomic mass is 32.1. The summed E-state index contributed by atoms with van der Waals surface area (Å²) in [5, 5.41) is 7.27. The summed E-state index contributed by atoms with van der Waals surface area (Å²) in [5.74, 6) is 1.88. The summed E-state index contributed by atoms with van der Waals surface area (Å²) in [7, 11) is 0. The van der Waals surface area contributed by atoms with E-state index in [1.807, 2.05) is 41.7 Å². The highest BCUT2D eigenvalue weighted by molar-refractivity contribution is 7.26. The van der Waals surface area contributed by atoms with Crippen molar-refractivity contribution in [1.29, 1.82) is 0 Å². The normalized spacial score (nSPS) is 11.9. The topological polar surface area (TPSA) is 51.8 Å². The van der Waals surface area contributed by atoms with Gasteiger partial charge in [0, 0.05) is 67.8 Å². The first-order chi connectivity index (χ1) is 25.2. The Hall–Kier alpha value is -6.21. The zero-order chi connectivity index (χ0) is 33.5. The number of rotatable bonds is 4. The molecule has 6 heteroatoms. The van der Waals surface area contributed by atoms with Gasteiger partial charge in [-0.1, -0.05) is 109 Å². The number of nitrogens with zero attached hydrogens (tertiary/aromatic N) is 3. The Balaban J connectivity index is 1.04. The van der Waals surface area contributed by atoms with Gasteiger partial charge in [-0.05, 0) is 53.6 Å². The lowest BCUT2D eigenvalue weighted by Crippen LogP contribution is -2.00. The summed E-state index contributed by atoms with van der Waals surface area (Å²) in [6.45, 7) is 0. The van der Waals surface area contributed by atoms with Crippen LogP contribution in [-0.4, -0.2) is 15.0 Å². The minimum Gasteiger partial charge on any atom is -0.456 e. The molecule has 0 unspecified atom stereocenters. The van der Waals surface area contributed by atoms with E-state index in [-0.39, 0.29) is 0 Å². The largest absolute Gasteiger partial charge is 0.456 e. The van der Waals surface area contributed by atoms with E-state index in [0.717, 1.165) is 38.6 Å². The molecule has 11 rings (SSSR count). The summed E-state index contributed by atoms with van der Waals surface area (Å²) in [5.41, 5.74) is 6.85. The van der Waals surface area contributed by atoms with Gasteiger partial charge in [0.05, 0.1) is 0 Å². The van der Waals surface area contributed by atoms with Crippen LogP contribution in [0.1, 0.15) is 0 Å². The summed E-state index contributed by atoms with van der Waals surface area (Å²) in [6, 6.07) is 53.2. The van der Waals surface area contributed by atoms with Gasteiger partial charge in [-0.15, -0.1) is 22.7 Å². The van der Waals surface area contributed by atoms with Crippen molar-refractivity contribution in [2.75, 3.05) is 0 Å². The number of furan rings is 1. The second-order valence-corrected chi connectivity index (χ2v) is 14.9. The van der Waals surface area contributed by atoms with E-state index in [1.165, 1.54) is 51.5 Å². The molecule has 0 aliphatic rings. The Bertz CT molecular complexity index is 3160. The molecule has 238 valence electrons. The molecule has 4 aromatic heterocycles. The molecule has 0 radical (unpaired) electrons. The number of aromatic nitrogens is 3. The fourth-order valence-corrected chi connectivity index (χ4v) is 9.66. The maximum absolute atomic E-state index is 6.48. The molecule has 0 bridgehead atoms. The van der Waals surface area contributed by atoms with Crippen LogP contribution < -0.4 is 0 Å². The molecule has 51 heavy (non-hydrogen) atoms. The predicted molar refractivity (Wildman–Crippen MR) is 215 cm³/mol. The van der Waals surface area contributed by atoms with Crippen molar-refractivity contribution in [3.05, 3.63) is 152 Å². The second-order valence-electron chi connectivity index (χ2n) is 12.8. The monoisotopic (exact) mass is 687 g/mol. The van der Waals surface area contributed by atoms with E-state index in [1.54, 1.807) is 11.3 Å². The molecule has 11 aromatic rings. The molecule has 0 amide bonds. The minimum absolute atomic E-state index is 0.606. The highest BCUT2D eigenvalue weighted by Gasteiger charge is 2.17. The molecule has 0 N–H and O–H groups in total. The Morgan fingerprint density at radius 2 is 0.961 bits per heavy atom. The number of hydrogen-bond acceptors (Lipinski definition) is 6. The number of benzene rings is 7. The van der Waals surface area contributed by atoms with Crippen LogP contribution in [0.15, 0.2) is 156 Å². The van der Waals surface area contributed by atoms with Gasteiger partial charge in [0.2, 0.25) is 0 Å². The van der Waals surface area contributed by atoms with E-state index >= 15 is 0 Å². The minimum atomic E-state index is 0.606.